The van der Waals surface area contributed by atoms with Crippen molar-refractivity contribution >= 4 is 43.0 Å². The van der Waals surface area contributed by atoms with Crippen LogP contribution in [0.2, 0.25) is 0 Å². The highest BCUT2D eigenvalue weighted by Gasteiger charge is 2.14. The first kappa shape index (κ1) is 13.8. The van der Waals surface area contributed by atoms with E-state index in [4.69, 9.17) is 4.42 Å². The molecule has 20 heavy (non-hydrogen) atoms. The second kappa shape index (κ2) is 5.66. The van der Waals surface area contributed by atoms with Gasteiger partial charge in [0, 0.05) is 11.2 Å². The maximum absolute atomic E-state index is 13.2. The Morgan fingerprint density at radius 3 is 2.75 bits per heavy atom. The minimum absolute atomic E-state index is 0.0208. The fourth-order valence-corrected chi connectivity index (χ4v) is 2.94. The number of rotatable bonds is 3. The number of para-hydroxylation sites is 2. The molecule has 1 unspecified atom stereocenters. The van der Waals surface area contributed by atoms with E-state index in [2.05, 4.69) is 36.8 Å². The van der Waals surface area contributed by atoms with Gasteiger partial charge >= 0.3 is 0 Å². The van der Waals surface area contributed by atoms with Crippen molar-refractivity contribution in [3.8, 4) is 0 Å². The van der Waals surface area contributed by atoms with Crippen LogP contribution >= 0.6 is 31.9 Å². The molecule has 0 aliphatic carbocycles. The van der Waals surface area contributed by atoms with Gasteiger partial charge in [-0.15, -0.1) is 0 Å². The molecule has 0 amide bonds. The molecule has 2 nitrogen and oxygen atoms in total. The van der Waals surface area contributed by atoms with Crippen molar-refractivity contribution in [1.82, 2.24) is 4.98 Å². The molecule has 0 spiro atoms. The van der Waals surface area contributed by atoms with Crippen LogP contribution in [0.5, 0.6) is 0 Å². The third-order valence-corrected chi connectivity index (χ3v) is 4.46. The summed E-state index contributed by atoms with van der Waals surface area (Å²) in [5, 5.41) is 0. The van der Waals surface area contributed by atoms with Gasteiger partial charge in [0.2, 0.25) is 0 Å². The summed E-state index contributed by atoms with van der Waals surface area (Å²) in [7, 11) is 0. The molecule has 1 aromatic heterocycles. The maximum Gasteiger partial charge on any atom is 0.196 e. The zero-order chi connectivity index (χ0) is 14.1. The number of alkyl halides is 1. The van der Waals surface area contributed by atoms with Gasteiger partial charge in [0.15, 0.2) is 11.5 Å². The van der Waals surface area contributed by atoms with Gasteiger partial charge in [-0.2, -0.15) is 0 Å². The lowest BCUT2D eigenvalue weighted by Gasteiger charge is -2.08. The molecule has 0 aliphatic rings. The first-order valence-corrected chi connectivity index (χ1v) is 7.78. The summed E-state index contributed by atoms with van der Waals surface area (Å²) < 4.78 is 19.4. The van der Waals surface area contributed by atoms with Gasteiger partial charge in [0.25, 0.3) is 0 Å². The van der Waals surface area contributed by atoms with E-state index in [-0.39, 0.29) is 10.6 Å². The van der Waals surface area contributed by atoms with Crippen LogP contribution < -0.4 is 0 Å². The second-order valence-corrected chi connectivity index (χ2v) is 6.38. The van der Waals surface area contributed by atoms with Gasteiger partial charge in [0.05, 0.1) is 4.47 Å². The van der Waals surface area contributed by atoms with Gasteiger partial charge in [0.1, 0.15) is 11.3 Å². The second-order valence-electron chi connectivity index (χ2n) is 4.42. The average molecular weight is 399 g/mol. The topological polar surface area (TPSA) is 26.0 Å². The maximum atomic E-state index is 13.2. The molecular formula is C15H10Br2FNO. The van der Waals surface area contributed by atoms with Gasteiger partial charge in [-0.05, 0) is 45.8 Å². The molecule has 0 fully saturated rings. The summed E-state index contributed by atoms with van der Waals surface area (Å²) in [5.74, 6) is 0.392. The fourth-order valence-electron chi connectivity index (χ4n) is 1.99. The SMILES string of the molecule is Fc1ccc(C(Br)Cc2nc3ccccc3o2)cc1Br. The van der Waals surface area contributed by atoms with E-state index in [1.165, 1.54) is 6.07 Å². The van der Waals surface area contributed by atoms with Crippen molar-refractivity contribution in [3.05, 3.63) is 64.2 Å². The zero-order valence-electron chi connectivity index (χ0n) is 10.3. The van der Waals surface area contributed by atoms with Crippen LogP contribution in [-0.4, -0.2) is 4.98 Å². The Hall–Kier alpha value is -1.20. The predicted octanol–water partition coefficient (Wildman–Crippen LogP) is 5.41. The molecule has 0 N–H and O–H groups in total. The lowest BCUT2D eigenvalue weighted by Crippen LogP contribution is -1.96. The Morgan fingerprint density at radius 2 is 2.00 bits per heavy atom. The van der Waals surface area contributed by atoms with E-state index in [1.807, 2.05) is 24.3 Å². The van der Waals surface area contributed by atoms with E-state index in [9.17, 15) is 4.39 Å². The van der Waals surface area contributed by atoms with E-state index in [0.29, 0.717) is 16.8 Å². The van der Waals surface area contributed by atoms with Crippen LogP contribution in [0.4, 0.5) is 4.39 Å². The first-order valence-electron chi connectivity index (χ1n) is 6.07. The average Bonchev–Trinajstić information content (AvgIpc) is 2.83. The highest BCUT2D eigenvalue weighted by atomic mass is 79.9. The van der Waals surface area contributed by atoms with Crippen molar-refractivity contribution in [1.29, 1.82) is 0 Å². The standard InChI is InChI=1S/C15H10Br2FNO/c16-10(9-5-6-12(18)11(17)7-9)8-15-19-13-3-1-2-4-14(13)20-15/h1-7,10H,8H2. The third-order valence-electron chi connectivity index (χ3n) is 3.00. The molecule has 0 radical (unpaired) electrons. The van der Waals surface area contributed by atoms with Gasteiger partial charge in [-0.1, -0.05) is 34.1 Å². The van der Waals surface area contributed by atoms with Crippen molar-refractivity contribution in [3.63, 3.8) is 0 Å². The number of halogens is 3. The molecule has 1 atom stereocenters. The summed E-state index contributed by atoms with van der Waals surface area (Å²) in [6.07, 6.45) is 0.604. The van der Waals surface area contributed by atoms with Crippen LogP contribution in [-0.2, 0) is 6.42 Å². The van der Waals surface area contributed by atoms with Crippen molar-refractivity contribution < 1.29 is 8.81 Å². The highest BCUT2D eigenvalue weighted by molar-refractivity contribution is 9.10. The number of hydrogen-bond donors (Lipinski definition) is 0. The minimum Gasteiger partial charge on any atom is -0.441 e. The van der Waals surface area contributed by atoms with E-state index in [0.717, 1.165) is 16.7 Å². The van der Waals surface area contributed by atoms with Crippen molar-refractivity contribution in [2.45, 2.75) is 11.2 Å². The zero-order valence-corrected chi connectivity index (χ0v) is 13.5. The molecule has 5 heteroatoms. The normalized spacial score (nSPS) is 12.8. The molecular weight excluding hydrogens is 389 g/mol. The monoisotopic (exact) mass is 397 g/mol. The van der Waals surface area contributed by atoms with Crippen LogP contribution in [0.15, 0.2) is 51.4 Å². The van der Waals surface area contributed by atoms with Gasteiger partial charge < -0.3 is 4.42 Å². The molecule has 0 aliphatic heterocycles. The number of nitrogens with zero attached hydrogens (tertiary/aromatic N) is 1. The predicted molar refractivity (Wildman–Crippen MR) is 83.5 cm³/mol. The summed E-state index contributed by atoms with van der Waals surface area (Å²) in [6, 6.07) is 12.6. The van der Waals surface area contributed by atoms with Crippen LogP contribution in [0.3, 0.4) is 0 Å². The van der Waals surface area contributed by atoms with E-state index in [1.54, 1.807) is 12.1 Å². The summed E-state index contributed by atoms with van der Waals surface area (Å²) >= 11 is 6.79. The number of benzene rings is 2. The minimum atomic E-state index is -0.268. The Balaban J connectivity index is 1.84. The van der Waals surface area contributed by atoms with Crippen LogP contribution in [0.1, 0.15) is 16.3 Å². The Kier molecular flexibility index (Phi) is 3.89. The Morgan fingerprint density at radius 1 is 1.20 bits per heavy atom. The highest BCUT2D eigenvalue weighted by Crippen LogP contribution is 2.30. The Bertz CT molecular complexity index is 723. The number of fused-ring (bicyclic) bond motifs is 1. The third kappa shape index (κ3) is 2.79. The molecule has 3 aromatic rings. The van der Waals surface area contributed by atoms with Crippen molar-refractivity contribution in [2.75, 3.05) is 0 Å². The van der Waals surface area contributed by atoms with E-state index >= 15 is 0 Å². The molecule has 0 bridgehead atoms. The molecule has 3 rings (SSSR count). The number of hydrogen-bond acceptors (Lipinski definition) is 2. The lowest BCUT2D eigenvalue weighted by atomic mass is 10.1. The summed E-state index contributed by atoms with van der Waals surface area (Å²) in [6.45, 7) is 0. The number of oxazole rings is 1. The number of aromatic nitrogens is 1. The summed E-state index contributed by atoms with van der Waals surface area (Å²) in [4.78, 5) is 4.46. The molecule has 0 saturated carbocycles. The Labute approximate surface area is 132 Å². The largest absolute Gasteiger partial charge is 0.441 e. The van der Waals surface area contributed by atoms with Crippen LogP contribution in [0.25, 0.3) is 11.1 Å². The van der Waals surface area contributed by atoms with Gasteiger partial charge in [-0.3, -0.25) is 0 Å². The van der Waals surface area contributed by atoms with E-state index < -0.39 is 0 Å². The first-order chi connectivity index (χ1) is 9.63. The van der Waals surface area contributed by atoms with Crippen LogP contribution in [0, 0.1) is 5.82 Å². The lowest BCUT2D eigenvalue weighted by molar-refractivity contribution is 0.527. The van der Waals surface area contributed by atoms with Gasteiger partial charge in [-0.25, -0.2) is 9.37 Å². The smallest absolute Gasteiger partial charge is 0.196 e. The molecule has 102 valence electrons. The molecule has 2 aromatic carbocycles. The summed E-state index contributed by atoms with van der Waals surface area (Å²) in [5.41, 5.74) is 2.60. The molecule has 1 heterocycles. The molecule has 0 saturated heterocycles. The van der Waals surface area contributed by atoms with Crippen molar-refractivity contribution in [2.24, 2.45) is 0 Å². The fraction of sp³-hybridized carbons (Fsp3) is 0.133. The quantitative estimate of drug-likeness (QED) is 0.551.